The molecule has 0 atom stereocenters. The van der Waals surface area contributed by atoms with E-state index in [4.69, 9.17) is 0 Å². The maximum atomic E-state index is 12.7. The molecule has 0 spiro atoms. The number of carbonyl (C=O) groups is 2. The normalized spacial score (nSPS) is 13.6. The van der Waals surface area contributed by atoms with Gasteiger partial charge in [0.25, 0.3) is 0 Å². The van der Waals surface area contributed by atoms with Crippen LogP contribution in [0, 0.1) is 0 Å². The molecule has 0 radical (unpaired) electrons. The Morgan fingerprint density at radius 2 is 2.03 bits per heavy atom. The highest BCUT2D eigenvalue weighted by Crippen LogP contribution is 2.25. The van der Waals surface area contributed by atoms with Gasteiger partial charge < -0.3 is 4.90 Å². The Balaban J connectivity index is 1.45. The number of amides is 1. The molecule has 0 unspecified atom stereocenters. The van der Waals surface area contributed by atoms with E-state index in [1.54, 1.807) is 35.5 Å². The average Bonchev–Trinajstić information content (AvgIpc) is 3.39. The summed E-state index contributed by atoms with van der Waals surface area (Å²) in [5.74, 6) is 1.06. The van der Waals surface area contributed by atoms with Crippen LogP contribution in [0.4, 0.5) is 5.69 Å². The van der Waals surface area contributed by atoms with Crippen LogP contribution in [0.2, 0.25) is 0 Å². The molecule has 4 rings (SSSR count). The van der Waals surface area contributed by atoms with Gasteiger partial charge in [0.1, 0.15) is 0 Å². The number of hydrogen-bond acceptors (Lipinski definition) is 6. The maximum Gasteiger partial charge on any atom is 0.227 e. The number of aromatic nitrogens is 4. The smallest absolute Gasteiger partial charge is 0.227 e. The summed E-state index contributed by atoms with van der Waals surface area (Å²) in [6.45, 7) is 5.07. The first-order chi connectivity index (χ1) is 14.7. The summed E-state index contributed by atoms with van der Waals surface area (Å²) in [5.41, 5.74) is 2.31. The zero-order valence-electron chi connectivity index (χ0n) is 16.4. The molecule has 8 heteroatoms. The van der Waals surface area contributed by atoms with Gasteiger partial charge in [-0.15, -0.1) is 16.8 Å². The molecule has 1 fully saturated rings. The monoisotopic (exact) mass is 419 g/mol. The van der Waals surface area contributed by atoms with Crippen LogP contribution in [0.15, 0.2) is 66.6 Å². The van der Waals surface area contributed by atoms with E-state index in [1.807, 2.05) is 28.8 Å². The first-order valence-corrected chi connectivity index (χ1v) is 10.7. The topological polar surface area (TPSA) is 81.0 Å². The zero-order valence-corrected chi connectivity index (χ0v) is 17.2. The highest BCUT2D eigenvalue weighted by molar-refractivity contribution is 7.99. The highest BCUT2D eigenvalue weighted by atomic mass is 32.2. The Labute approximate surface area is 178 Å². The molecule has 0 bridgehead atoms. The number of rotatable bonds is 8. The summed E-state index contributed by atoms with van der Waals surface area (Å²) < 4.78 is 1.92. The summed E-state index contributed by atoms with van der Waals surface area (Å²) in [6.07, 6.45) is 6.67. The number of benzene rings is 1. The molecule has 0 N–H and O–H groups in total. The molecule has 1 aliphatic heterocycles. The number of Topliss-reactive ketones (excluding diaryl/α,β-unsaturated/α-hetero) is 1. The molecule has 1 amide bonds. The largest absolute Gasteiger partial charge is 0.312 e. The minimum absolute atomic E-state index is 0.00428. The lowest BCUT2D eigenvalue weighted by Gasteiger charge is -2.15. The second-order valence-corrected chi connectivity index (χ2v) is 7.80. The fourth-order valence-corrected chi connectivity index (χ4v) is 4.20. The average molecular weight is 420 g/mol. The number of allylic oxidation sites excluding steroid dienone is 1. The fourth-order valence-electron chi connectivity index (χ4n) is 3.36. The number of anilines is 1. The highest BCUT2D eigenvalue weighted by Gasteiger charge is 2.22. The predicted molar refractivity (Wildman–Crippen MR) is 117 cm³/mol. The number of hydrogen-bond donors (Lipinski definition) is 0. The minimum Gasteiger partial charge on any atom is -0.312 e. The van der Waals surface area contributed by atoms with Crippen molar-refractivity contribution in [3.63, 3.8) is 0 Å². The zero-order chi connectivity index (χ0) is 20.9. The first kappa shape index (κ1) is 20.0. The SMILES string of the molecule is C=CCn1c(SCC(=O)c2ccc(N3CCCC3=O)cc2)nnc1-c1cccnc1. The van der Waals surface area contributed by atoms with E-state index in [0.717, 1.165) is 24.2 Å². The van der Waals surface area contributed by atoms with Crippen LogP contribution in [0.1, 0.15) is 23.2 Å². The van der Waals surface area contributed by atoms with Gasteiger partial charge in [-0.3, -0.25) is 19.1 Å². The van der Waals surface area contributed by atoms with Crippen molar-refractivity contribution in [3.8, 4) is 11.4 Å². The number of nitrogens with zero attached hydrogens (tertiary/aromatic N) is 5. The molecule has 3 heterocycles. The summed E-state index contributed by atoms with van der Waals surface area (Å²) in [4.78, 5) is 30.4. The van der Waals surface area contributed by atoms with Crippen molar-refractivity contribution in [2.75, 3.05) is 17.2 Å². The van der Waals surface area contributed by atoms with Crippen LogP contribution in [-0.2, 0) is 11.3 Å². The Bertz CT molecular complexity index is 1060. The third-order valence-electron chi connectivity index (χ3n) is 4.85. The van der Waals surface area contributed by atoms with Crippen molar-refractivity contribution < 1.29 is 9.59 Å². The molecular formula is C22H21N5O2S. The summed E-state index contributed by atoms with van der Waals surface area (Å²) in [6, 6.07) is 11.0. The maximum absolute atomic E-state index is 12.7. The van der Waals surface area contributed by atoms with Gasteiger partial charge in [0.2, 0.25) is 5.91 Å². The molecule has 1 aliphatic rings. The summed E-state index contributed by atoms with van der Waals surface area (Å²) in [5, 5.41) is 9.18. The van der Waals surface area contributed by atoms with Gasteiger partial charge in [-0.25, -0.2) is 0 Å². The van der Waals surface area contributed by atoms with Crippen LogP contribution in [0.25, 0.3) is 11.4 Å². The molecule has 7 nitrogen and oxygen atoms in total. The van der Waals surface area contributed by atoms with Crippen LogP contribution in [-0.4, -0.2) is 43.7 Å². The number of pyridine rings is 1. The van der Waals surface area contributed by atoms with Crippen molar-refractivity contribution in [3.05, 3.63) is 67.0 Å². The quantitative estimate of drug-likeness (QED) is 0.315. The third-order valence-corrected chi connectivity index (χ3v) is 5.82. The number of thioether (sulfide) groups is 1. The lowest BCUT2D eigenvalue weighted by atomic mass is 10.1. The van der Waals surface area contributed by atoms with Crippen molar-refractivity contribution in [1.82, 2.24) is 19.7 Å². The fraction of sp³-hybridized carbons (Fsp3) is 0.227. The van der Waals surface area contributed by atoms with E-state index >= 15 is 0 Å². The van der Waals surface area contributed by atoms with Gasteiger partial charge in [0.15, 0.2) is 16.8 Å². The molecular weight excluding hydrogens is 398 g/mol. The van der Waals surface area contributed by atoms with Crippen molar-refractivity contribution >= 4 is 29.1 Å². The standard InChI is InChI=1S/C22H21N5O2S/c1-2-12-27-21(17-5-3-11-23-14-17)24-25-22(27)30-15-19(28)16-7-9-18(10-8-16)26-13-4-6-20(26)29/h2-3,5,7-11,14H,1,4,6,12-13,15H2. The van der Waals surface area contributed by atoms with Gasteiger partial charge in [0, 0.05) is 48.7 Å². The van der Waals surface area contributed by atoms with E-state index in [0.29, 0.717) is 29.5 Å². The number of carbonyl (C=O) groups excluding carboxylic acids is 2. The Kier molecular flexibility index (Phi) is 6.04. The minimum atomic E-state index is -0.00428. The molecule has 1 aromatic carbocycles. The molecule has 3 aromatic rings. The van der Waals surface area contributed by atoms with Gasteiger partial charge in [-0.1, -0.05) is 17.8 Å². The molecule has 30 heavy (non-hydrogen) atoms. The lowest BCUT2D eigenvalue weighted by molar-refractivity contribution is -0.117. The van der Waals surface area contributed by atoms with E-state index in [1.165, 1.54) is 11.8 Å². The third kappa shape index (κ3) is 4.18. The van der Waals surface area contributed by atoms with Gasteiger partial charge in [-0.2, -0.15) is 0 Å². The van der Waals surface area contributed by atoms with E-state index in [2.05, 4.69) is 21.8 Å². The Morgan fingerprint density at radius 1 is 1.20 bits per heavy atom. The summed E-state index contributed by atoms with van der Waals surface area (Å²) in [7, 11) is 0. The van der Waals surface area contributed by atoms with Gasteiger partial charge in [0.05, 0.1) is 5.75 Å². The first-order valence-electron chi connectivity index (χ1n) is 9.68. The van der Waals surface area contributed by atoms with Crippen molar-refractivity contribution in [2.45, 2.75) is 24.5 Å². The summed E-state index contributed by atoms with van der Waals surface area (Å²) >= 11 is 1.34. The second-order valence-electron chi connectivity index (χ2n) is 6.85. The van der Waals surface area contributed by atoms with Gasteiger partial charge >= 0.3 is 0 Å². The van der Waals surface area contributed by atoms with E-state index in [-0.39, 0.29) is 17.4 Å². The Morgan fingerprint density at radius 3 is 2.70 bits per heavy atom. The van der Waals surface area contributed by atoms with Crippen LogP contribution < -0.4 is 4.90 Å². The molecule has 0 aliphatic carbocycles. The van der Waals surface area contributed by atoms with Crippen LogP contribution >= 0.6 is 11.8 Å². The predicted octanol–water partition coefficient (Wildman–Crippen LogP) is 3.63. The van der Waals surface area contributed by atoms with Crippen molar-refractivity contribution in [1.29, 1.82) is 0 Å². The van der Waals surface area contributed by atoms with Gasteiger partial charge in [-0.05, 0) is 42.8 Å². The molecule has 152 valence electrons. The van der Waals surface area contributed by atoms with Crippen LogP contribution in [0.3, 0.4) is 0 Å². The van der Waals surface area contributed by atoms with Crippen LogP contribution in [0.5, 0.6) is 0 Å². The molecule has 1 saturated heterocycles. The van der Waals surface area contributed by atoms with E-state index in [9.17, 15) is 9.59 Å². The lowest BCUT2D eigenvalue weighted by Crippen LogP contribution is -2.23. The van der Waals surface area contributed by atoms with Crippen molar-refractivity contribution in [2.24, 2.45) is 0 Å². The second kappa shape index (κ2) is 9.04. The number of ketones is 1. The Hall–Kier alpha value is -3.26. The molecule has 2 aromatic heterocycles. The van der Waals surface area contributed by atoms with E-state index < -0.39 is 0 Å². The molecule has 0 saturated carbocycles.